The van der Waals surface area contributed by atoms with Crippen molar-refractivity contribution in [3.8, 4) is 0 Å². The van der Waals surface area contributed by atoms with Crippen LogP contribution in [0.15, 0.2) is 48.5 Å². The Hall–Kier alpha value is -2.04. The van der Waals surface area contributed by atoms with Gasteiger partial charge in [-0.05, 0) is 49.1 Å². The second-order valence-electron chi connectivity index (χ2n) is 7.56. The maximum Gasteiger partial charge on any atom is 0.241 e. The van der Waals surface area contributed by atoms with Gasteiger partial charge in [-0.2, -0.15) is 0 Å². The van der Waals surface area contributed by atoms with Gasteiger partial charge in [0.25, 0.3) is 0 Å². The van der Waals surface area contributed by atoms with Gasteiger partial charge in [0.05, 0.1) is 6.04 Å². The van der Waals surface area contributed by atoms with Crippen molar-refractivity contribution < 1.29 is 4.79 Å². The highest BCUT2D eigenvalue weighted by Crippen LogP contribution is 2.27. The number of carbonyl (C=O) groups is 1. The van der Waals surface area contributed by atoms with Gasteiger partial charge in [-0.25, -0.2) is 0 Å². The standard InChI is InChI=1S/C23H30ClN3O/c1-4-17(2)21-10-5-6-11-22(21)25-23(28)18(3)26-12-14-27(15-13-26)20-9-7-8-19(24)16-20/h5-11,16-18H,4,12-15H2,1-3H3,(H,25,28)/t17-,18-/m0/s1. The Morgan fingerprint density at radius 1 is 1.07 bits per heavy atom. The molecule has 28 heavy (non-hydrogen) atoms. The number of nitrogens with zero attached hydrogens (tertiary/aromatic N) is 2. The third kappa shape index (κ3) is 4.86. The molecule has 4 nitrogen and oxygen atoms in total. The molecule has 0 bridgehead atoms. The largest absolute Gasteiger partial charge is 0.369 e. The minimum absolute atomic E-state index is 0.0620. The van der Waals surface area contributed by atoms with Crippen molar-refractivity contribution in [2.24, 2.45) is 0 Å². The highest BCUT2D eigenvalue weighted by atomic mass is 35.5. The van der Waals surface area contributed by atoms with E-state index in [0.29, 0.717) is 5.92 Å². The molecule has 3 rings (SSSR count). The highest BCUT2D eigenvalue weighted by Gasteiger charge is 2.26. The first-order chi connectivity index (χ1) is 13.5. The molecule has 1 amide bonds. The molecule has 2 aromatic rings. The van der Waals surface area contributed by atoms with Crippen LogP contribution in [0.2, 0.25) is 5.02 Å². The molecular weight excluding hydrogens is 370 g/mol. The summed E-state index contributed by atoms with van der Waals surface area (Å²) in [6, 6.07) is 15.9. The minimum atomic E-state index is -0.161. The van der Waals surface area contributed by atoms with Gasteiger partial charge in [0, 0.05) is 42.6 Å². The Morgan fingerprint density at radius 3 is 2.46 bits per heavy atom. The average molecular weight is 400 g/mol. The number of piperazine rings is 1. The topological polar surface area (TPSA) is 35.6 Å². The Labute approximate surface area is 173 Å². The number of para-hydroxylation sites is 1. The summed E-state index contributed by atoms with van der Waals surface area (Å²) in [6.45, 7) is 9.86. The van der Waals surface area contributed by atoms with Crippen molar-refractivity contribution in [2.75, 3.05) is 36.4 Å². The number of amides is 1. The number of hydrogen-bond acceptors (Lipinski definition) is 3. The van der Waals surface area contributed by atoms with Gasteiger partial charge in [0.2, 0.25) is 5.91 Å². The SMILES string of the molecule is CC[C@H](C)c1ccccc1NC(=O)[C@H](C)N1CCN(c2cccc(Cl)c2)CC1. The van der Waals surface area contributed by atoms with E-state index in [2.05, 4.69) is 41.1 Å². The molecule has 5 heteroatoms. The van der Waals surface area contributed by atoms with Crippen LogP contribution in [0.4, 0.5) is 11.4 Å². The van der Waals surface area contributed by atoms with Gasteiger partial charge in [-0.15, -0.1) is 0 Å². The van der Waals surface area contributed by atoms with Crippen LogP contribution in [-0.2, 0) is 4.79 Å². The summed E-state index contributed by atoms with van der Waals surface area (Å²) in [5.41, 5.74) is 3.29. The van der Waals surface area contributed by atoms with Crippen LogP contribution >= 0.6 is 11.6 Å². The molecule has 1 fully saturated rings. The number of halogens is 1. The summed E-state index contributed by atoms with van der Waals surface area (Å²) in [5.74, 6) is 0.486. The zero-order valence-corrected chi connectivity index (χ0v) is 17.7. The molecule has 2 atom stereocenters. The molecule has 0 saturated carbocycles. The predicted molar refractivity (Wildman–Crippen MR) is 118 cm³/mol. The number of rotatable bonds is 6. The van der Waals surface area contributed by atoms with Gasteiger partial charge >= 0.3 is 0 Å². The van der Waals surface area contributed by atoms with Crippen molar-refractivity contribution in [2.45, 2.75) is 39.2 Å². The zero-order chi connectivity index (χ0) is 20.1. The summed E-state index contributed by atoms with van der Waals surface area (Å²) in [5, 5.41) is 3.92. The molecule has 1 heterocycles. The second kappa shape index (κ2) is 9.44. The van der Waals surface area contributed by atoms with Gasteiger partial charge in [0.15, 0.2) is 0 Å². The third-order valence-electron chi connectivity index (χ3n) is 5.78. The van der Waals surface area contributed by atoms with Crippen molar-refractivity contribution in [3.05, 3.63) is 59.1 Å². The smallest absolute Gasteiger partial charge is 0.241 e. The summed E-state index contributed by atoms with van der Waals surface area (Å²) in [6.07, 6.45) is 1.05. The monoisotopic (exact) mass is 399 g/mol. The number of carbonyl (C=O) groups excluding carboxylic acids is 1. The lowest BCUT2D eigenvalue weighted by Crippen LogP contribution is -2.52. The van der Waals surface area contributed by atoms with E-state index in [1.807, 2.05) is 43.3 Å². The normalized spacial score (nSPS) is 17.2. The molecule has 1 saturated heterocycles. The average Bonchev–Trinajstić information content (AvgIpc) is 2.73. The number of benzene rings is 2. The predicted octanol–water partition coefficient (Wildman–Crippen LogP) is 5.00. The van der Waals surface area contributed by atoms with Crippen molar-refractivity contribution in [1.29, 1.82) is 0 Å². The second-order valence-corrected chi connectivity index (χ2v) is 8.00. The Bertz CT molecular complexity index is 802. The maximum absolute atomic E-state index is 12.9. The zero-order valence-electron chi connectivity index (χ0n) is 17.0. The summed E-state index contributed by atoms with van der Waals surface area (Å²) < 4.78 is 0. The molecule has 0 aliphatic carbocycles. The molecular formula is C23H30ClN3O. The number of anilines is 2. The van der Waals surface area contributed by atoms with E-state index in [0.717, 1.165) is 49.0 Å². The fraction of sp³-hybridized carbons (Fsp3) is 0.435. The van der Waals surface area contributed by atoms with E-state index in [4.69, 9.17) is 11.6 Å². The van der Waals surface area contributed by atoms with E-state index in [1.54, 1.807) is 0 Å². The molecule has 1 aliphatic rings. The van der Waals surface area contributed by atoms with Crippen LogP contribution in [0, 0.1) is 0 Å². The van der Waals surface area contributed by atoms with Gasteiger partial charge < -0.3 is 10.2 Å². The quantitative estimate of drug-likeness (QED) is 0.742. The van der Waals surface area contributed by atoms with Crippen LogP contribution in [0.3, 0.4) is 0 Å². The summed E-state index contributed by atoms with van der Waals surface area (Å²) >= 11 is 6.12. The lowest BCUT2D eigenvalue weighted by atomic mass is 9.97. The van der Waals surface area contributed by atoms with Gasteiger partial charge in [0.1, 0.15) is 0 Å². The van der Waals surface area contributed by atoms with Crippen molar-refractivity contribution >= 4 is 28.9 Å². The fourth-order valence-electron chi connectivity index (χ4n) is 3.70. The van der Waals surface area contributed by atoms with E-state index in [-0.39, 0.29) is 11.9 Å². The van der Waals surface area contributed by atoms with E-state index in [9.17, 15) is 4.79 Å². The van der Waals surface area contributed by atoms with Crippen LogP contribution in [0.25, 0.3) is 0 Å². The Balaban J connectivity index is 1.59. The van der Waals surface area contributed by atoms with E-state index in [1.165, 1.54) is 5.56 Å². The summed E-state index contributed by atoms with van der Waals surface area (Å²) in [7, 11) is 0. The first-order valence-electron chi connectivity index (χ1n) is 10.1. The van der Waals surface area contributed by atoms with Gasteiger partial charge in [-0.3, -0.25) is 9.69 Å². The van der Waals surface area contributed by atoms with E-state index < -0.39 is 0 Å². The molecule has 150 valence electrons. The Kier molecular flexibility index (Phi) is 6.97. The van der Waals surface area contributed by atoms with Crippen LogP contribution in [0.1, 0.15) is 38.7 Å². The molecule has 0 spiro atoms. The molecule has 1 N–H and O–H groups in total. The first kappa shape index (κ1) is 20.7. The minimum Gasteiger partial charge on any atom is -0.369 e. The molecule has 0 aromatic heterocycles. The maximum atomic E-state index is 12.9. The molecule has 2 aromatic carbocycles. The van der Waals surface area contributed by atoms with Crippen LogP contribution in [-0.4, -0.2) is 43.0 Å². The van der Waals surface area contributed by atoms with Gasteiger partial charge in [-0.1, -0.05) is 49.7 Å². The lowest BCUT2D eigenvalue weighted by molar-refractivity contribution is -0.120. The molecule has 0 unspecified atom stereocenters. The highest BCUT2D eigenvalue weighted by molar-refractivity contribution is 6.30. The van der Waals surface area contributed by atoms with Crippen LogP contribution in [0.5, 0.6) is 0 Å². The number of nitrogens with one attached hydrogen (secondary N) is 1. The van der Waals surface area contributed by atoms with Crippen molar-refractivity contribution in [3.63, 3.8) is 0 Å². The molecule has 0 radical (unpaired) electrons. The van der Waals surface area contributed by atoms with Crippen LogP contribution < -0.4 is 10.2 Å². The fourth-order valence-corrected chi connectivity index (χ4v) is 3.89. The first-order valence-corrected chi connectivity index (χ1v) is 10.5. The molecule has 1 aliphatic heterocycles. The lowest BCUT2D eigenvalue weighted by Gasteiger charge is -2.38. The Morgan fingerprint density at radius 2 is 1.79 bits per heavy atom. The van der Waals surface area contributed by atoms with E-state index >= 15 is 0 Å². The van der Waals surface area contributed by atoms with Crippen molar-refractivity contribution in [1.82, 2.24) is 4.90 Å². The number of hydrogen-bond donors (Lipinski definition) is 1. The summed E-state index contributed by atoms with van der Waals surface area (Å²) in [4.78, 5) is 17.5. The third-order valence-corrected chi connectivity index (χ3v) is 6.01.